The highest BCUT2D eigenvalue weighted by Gasteiger charge is 1.91. The minimum absolute atomic E-state index is 0.0811. The summed E-state index contributed by atoms with van der Waals surface area (Å²) in [4.78, 5) is 0. The van der Waals surface area contributed by atoms with Crippen LogP contribution in [0.25, 0.3) is 0 Å². The van der Waals surface area contributed by atoms with E-state index in [1.54, 1.807) is 14.2 Å². The van der Waals surface area contributed by atoms with Gasteiger partial charge < -0.3 is 9.47 Å². The number of hydrogen-bond acceptors (Lipinski definition) is 2. The minimum Gasteiger partial charge on any atom is -0.469 e. The summed E-state index contributed by atoms with van der Waals surface area (Å²) in [7, 11) is 3.20. The summed E-state index contributed by atoms with van der Waals surface area (Å²) < 4.78 is 9.91. The van der Waals surface area contributed by atoms with Crippen molar-refractivity contribution < 1.29 is 9.47 Å². The molecule has 0 heterocycles. The maximum absolute atomic E-state index is 4.95. The van der Waals surface area contributed by atoms with Gasteiger partial charge in [-0.15, -0.1) is 0 Å². The molecule has 0 aromatic heterocycles. The van der Waals surface area contributed by atoms with Crippen molar-refractivity contribution in [3.63, 3.8) is 0 Å². The topological polar surface area (TPSA) is 18.5 Å². The van der Waals surface area contributed by atoms with Crippen LogP contribution in [0.3, 0.4) is 0 Å². The molecule has 0 radical (unpaired) electrons. The van der Waals surface area contributed by atoms with E-state index in [4.69, 9.17) is 9.47 Å². The van der Waals surface area contributed by atoms with Gasteiger partial charge in [0.2, 0.25) is 0 Å². The van der Waals surface area contributed by atoms with Gasteiger partial charge in [-0.3, -0.25) is 0 Å². The molecule has 0 amide bonds. The molecule has 0 aliphatic heterocycles. The molecule has 0 N–H and O–H groups in total. The molecular formula is C8H18O2Si. The predicted octanol–water partition coefficient (Wildman–Crippen LogP) is 1.47. The molecule has 0 saturated carbocycles. The highest BCUT2D eigenvalue weighted by molar-refractivity contribution is 6.42. The summed E-state index contributed by atoms with van der Waals surface area (Å²) in [5, 5.41) is 0. The van der Waals surface area contributed by atoms with Crippen molar-refractivity contribution in [2.45, 2.75) is 25.8 Å². The maximum atomic E-state index is 4.95. The molecule has 0 saturated heterocycles. The molecule has 0 aliphatic rings. The number of ether oxygens (including phenoxy) is 2. The molecule has 0 aromatic carbocycles. The molecule has 0 aliphatic carbocycles. The molecule has 66 valence electrons. The monoisotopic (exact) mass is 174 g/mol. The Morgan fingerprint density at radius 3 is 2.45 bits per heavy atom. The quantitative estimate of drug-likeness (QED) is 0.345. The van der Waals surface area contributed by atoms with Crippen molar-refractivity contribution in [1.82, 2.24) is 0 Å². The summed E-state index contributed by atoms with van der Waals surface area (Å²) in [6, 6.07) is 1.35. The highest BCUT2D eigenvalue weighted by Crippen LogP contribution is 1.98. The SMILES string of the molecule is CCCC[SiH2]C=C(OC)OC. The van der Waals surface area contributed by atoms with Crippen LogP contribution < -0.4 is 0 Å². The van der Waals surface area contributed by atoms with Crippen LogP contribution in [0.4, 0.5) is 0 Å². The zero-order chi connectivity index (χ0) is 8.53. The second-order valence-electron chi connectivity index (χ2n) is 2.43. The van der Waals surface area contributed by atoms with Crippen LogP contribution >= 0.6 is 0 Å². The van der Waals surface area contributed by atoms with E-state index < -0.39 is 0 Å². The largest absolute Gasteiger partial charge is 0.469 e. The van der Waals surface area contributed by atoms with Crippen molar-refractivity contribution >= 4 is 9.52 Å². The fraction of sp³-hybridized carbons (Fsp3) is 0.750. The van der Waals surface area contributed by atoms with Crippen molar-refractivity contribution in [3.8, 4) is 0 Å². The lowest BCUT2D eigenvalue weighted by Gasteiger charge is -2.02. The molecule has 0 rings (SSSR count). The first-order chi connectivity index (χ1) is 5.35. The average molecular weight is 174 g/mol. The van der Waals surface area contributed by atoms with Gasteiger partial charge in [0.25, 0.3) is 5.95 Å². The molecule has 0 spiro atoms. The minimum atomic E-state index is -0.0811. The fourth-order valence-electron chi connectivity index (χ4n) is 0.864. The van der Waals surface area contributed by atoms with Gasteiger partial charge in [-0.1, -0.05) is 25.8 Å². The van der Waals surface area contributed by atoms with Crippen LogP contribution in [0.2, 0.25) is 6.04 Å². The van der Waals surface area contributed by atoms with E-state index >= 15 is 0 Å². The zero-order valence-corrected chi connectivity index (χ0v) is 9.14. The Bertz CT molecular complexity index is 107. The third kappa shape index (κ3) is 5.98. The average Bonchev–Trinajstić information content (AvgIpc) is 2.05. The first-order valence-corrected chi connectivity index (χ1v) is 5.95. The zero-order valence-electron chi connectivity index (χ0n) is 7.72. The molecule has 0 atom stereocenters. The van der Waals surface area contributed by atoms with Crippen LogP contribution in [0.15, 0.2) is 11.6 Å². The van der Waals surface area contributed by atoms with Gasteiger partial charge in [0.15, 0.2) is 0 Å². The summed E-state index contributed by atoms with van der Waals surface area (Å²) in [6.45, 7) is 2.21. The van der Waals surface area contributed by atoms with Gasteiger partial charge in [0, 0.05) is 0 Å². The summed E-state index contributed by atoms with van der Waals surface area (Å²) in [5.74, 6) is 0.688. The van der Waals surface area contributed by atoms with Crippen molar-refractivity contribution in [1.29, 1.82) is 0 Å². The predicted molar refractivity (Wildman–Crippen MR) is 50.4 cm³/mol. The van der Waals surface area contributed by atoms with Gasteiger partial charge in [-0.2, -0.15) is 0 Å². The third-order valence-corrected chi connectivity index (χ3v) is 3.05. The van der Waals surface area contributed by atoms with E-state index in [1.165, 1.54) is 18.9 Å². The Kier molecular flexibility index (Phi) is 7.35. The Labute approximate surface area is 71.4 Å². The summed E-state index contributed by atoms with van der Waals surface area (Å²) >= 11 is 0. The molecule has 3 heteroatoms. The highest BCUT2D eigenvalue weighted by atomic mass is 28.2. The Balaban J connectivity index is 3.37. The van der Waals surface area contributed by atoms with E-state index in [9.17, 15) is 0 Å². The smallest absolute Gasteiger partial charge is 0.269 e. The summed E-state index contributed by atoms with van der Waals surface area (Å²) in [6.07, 6.45) is 2.62. The van der Waals surface area contributed by atoms with Gasteiger partial charge in [-0.25, -0.2) is 0 Å². The fourth-order valence-corrected chi connectivity index (χ4v) is 2.43. The lowest BCUT2D eigenvalue weighted by Crippen LogP contribution is -1.93. The Morgan fingerprint density at radius 2 is 2.00 bits per heavy atom. The number of unbranched alkanes of at least 4 members (excludes halogenated alkanes) is 1. The molecule has 0 aromatic rings. The van der Waals surface area contributed by atoms with Gasteiger partial charge in [0.1, 0.15) is 0 Å². The second-order valence-corrected chi connectivity index (χ2v) is 4.12. The number of rotatable bonds is 6. The van der Waals surface area contributed by atoms with Gasteiger partial charge >= 0.3 is 0 Å². The first kappa shape index (κ1) is 10.6. The van der Waals surface area contributed by atoms with Gasteiger partial charge in [-0.05, 0) is 5.70 Å². The molecule has 11 heavy (non-hydrogen) atoms. The molecule has 0 unspecified atom stereocenters. The number of methoxy groups -OCH3 is 2. The van der Waals surface area contributed by atoms with Crippen LogP contribution in [-0.4, -0.2) is 23.7 Å². The van der Waals surface area contributed by atoms with E-state index in [0.717, 1.165) is 0 Å². The lowest BCUT2D eigenvalue weighted by atomic mass is 10.4. The lowest BCUT2D eigenvalue weighted by molar-refractivity contribution is 0.0964. The van der Waals surface area contributed by atoms with E-state index in [1.807, 2.05) is 0 Å². The van der Waals surface area contributed by atoms with Crippen molar-refractivity contribution in [2.75, 3.05) is 14.2 Å². The summed E-state index contributed by atoms with van der Waals surface area (Å²) in [5.41, 5.74) is 2.12. The number of hydrogen-bond donors (Lipinski definition) is 0. The Morgan fingerprint density at radius 1 is 1.36 bits per heavy atom. The molecule has 0 bridgehead atoms. The van der Waals surface area contributed by atoms with E-state index in [0.29, 0.717) is 5.95 Å². The van der Waals surface area contributed by atoms with Crippen molar-refractivity contribution in [2.24, 2.45) is 0 Å². The van der Waals surface area contributed by atoms with Crippen LogP contribution in [0.1, 0.15) is 19.8 Å². The third-order valence-electron chi connectivity index (χ3n) is 1.52. The standard InChI is InChI=1S/C8H18O2Si/c1-4-5-6-11-7-8(9-2)10-3/h7H,4-6,11H2,1-3H3. The second kappa shape index (κ2) is 7.66. The van der Waals surface area contributed by atoms with Crippen LogP contribution in [-0.2, 0) is 9.47 Å². The van der Waals surface area contributed by atoms with Gasteiger partial charge in [0.05, 0.1) is 23.7 Å². The van der Waals surface area contributed by atoms with Crippen LogP contribution in [0, 0.1) is 0 Å². The first-order valence-electron chi connectivity index (χ1n) is 4.13. The van der Waals surface area contributed by atoms with E-state index in [-0.39, 0.29) is 9.52 Å². The normalized spacial score (nSPS) is 10.1. The molecule has 0 fully saturated rings. The molecular weight excluding hydrogens is 156 g/mol. The van der Waals surface area contributed by atoms with Crippen LogP contribution in [0.5, 0.6) is 0 Å². The maximum Gasteiger partial charge on any atom is 0.269 e. The molecule has 2 nitrogen and oxygen atoms in total. The van der Waals surface area contributed by atoms with E-state index in [2.05, 4.69) is 12.6 Å². The Hall–Kier alpha value is -0.443. The van der Waals surface area contributed by atoms with Crippen molar-refractivity contribution in [3.05, 3.63) is 11.6 Å².